The molecular formula is C13H13ClN2. The summed E-state index contributed by atoms with van der Waals surface area (Å²) in [6.45, 7) is 2.07. The van der Waals surface area contributed by atoms with Crippen LogP contribution in [-0.2, 0) is 0 Å². The van der Waals surface area contributed by atoms with Crippen molar-refractivity contribution in [3.8, 4) is 0 Å². The van der Waals surface area contributed by atoms with E-state index in [0.29, 0.717) is 0 Å². The van der Waals surface area contributed by atoms with Crippen LogP contribution in [0.4, 0.5) is 5.82 Å². The van der Waals surface area contributed by atoms with Gasteiger partial charge in [-0.15, -0.1) is 0 Å². The van der Waals surface area contributed by atoms with Gasteiger partial charge in [-0.1, -0.05) is 35.9 Å². The maximum absolute atomic E-state index is 6.12. The highest BCUT2D eigenvalue weighted by Crippen LogP contribution is 2.24. The summed E-state index contributed by atoms with van der Waals surface area (Å²) in [7, 11) is 0. The van der Waals surface area contributed by atoms with Crippen molar-refractivity contribution in [2.45, 2.75) is 13.0 Å². The molecule has 1 atom stereocenters. The Morgan fingerprint density at radius 3 is 2.56 bits per heavy atom. The highest BCUT2D eigenvalue weighted by Gasteiger charge is 2.08. The number of nitrogens with one attached hydrogen (secondary N) is 1. The van der Waals surface area contributed by atoms with Gasteiger partial charge in [-0.2, -0.15) is 0 Å². The molecule has 0 saturated heterocycles. The summed E-state index contributed by atoms with van der Waals surface area (Å²) >= 11 is 6.12. The molecule has 82 valence electrons. The number of aromatic nitrogens is 1. The summed E-state index contributed by atoms with van der Waals surface area (Å²) in [5.74, 6) is 0.856. The highest BCUT2D eigenvalue weighted by molar-refractivity contribution is 6.31. The normalized spacial score (nSPS) is 12.1. The lowest BCUT2D eigenvalue weighted by Crippen LogP contribution is -2.07. The van der Waals surface area contributed by atoms with Crippen LogP contribution in [-0.4, -0.2) is 4.98 Å². The average molecular weight is 233 g/mol. The van der Waals surface area contributed by atoms with Crippen LogP contribution in [0, 0.1) is 0 Å². The van der Waals surface area contributed by atoms with E-state index in [-0.39, 0.29) is 6.04 Å². The first-order valence-corrected chi connectivity index (χ1v) is 5.57. The molecule has 0 saturated carbocycles. The molecule has 2 rings (SSSR count). The molecule has 0 bridgehead atoms. The van der Waals surface area contributed by atoms with E-state index in [2.05, 4.69) is 17.2 Å². The van der Waals surface area contributed by atoms with Crippen LogP contribution in [0.15, 0.2) is 48.7 Å². The van der Waals surface area contributed by atoms with E-state index in [1.54, 1.807) is 6.20 Å². The summed E-state index contributed by atoms with van der Waals surface area (Å²) in [6, 6.07) is 13.8. The molecule has 2 nitrogen and oxygen atoms in total. The number of rotatable bonds is 3. The molecule has 2 aromatic rings. The quantitative estimate of drug-likeness (QED) is 0.868. The monoisotopic (exact) mass is 232 g/mol. The van der Waals surface area contributed by atoms with Crippen molar-refractivity contribution in [2.24, 2.45) is 0 Å². The highest BCUT2D eigenvalue weighted by atomic mass is 35.5. The lowest BCUT2D eigenvalue weighted by atomic mass is 10.1. The Kier molecular flexibility index (Phi) is 3.42. The van der Waals surface area contributed by atoms with Crippen LogP contribution < -0.4 is 5.32 Å². The second-order valence-corrected chi connectivity index (χ2v) is 4.01. The van der Waals surface area contributed by atoms with Gasteiger partial charge in [0.15, 0.2) is 0 Å². The summed E-state index contributed by atoms with van der Waals surface area (Å²) in [5.41, 5.74) is 1.08. The molecular weight excluding hydrogens is 220 g/mol. The molecule has 1 aromatic carbocycles. The van der Waals surface area contributed by atoms with Gasteiger partial charge >= 0.3 is 0 Å². The first-order valence-electron chi connectivity index (χ1n) is 5.19. The third kappa shape index (κ3) is 2.52. The fourth-order valence-electron chi connectivity index (χ4n) is 1.57. The van der Waals surface area contributed by atoms with Crippen molar-refractivity contribution in [1.82, 2.24) is 4.98 Å². The molecule has 16 heavy (non-hydrogen) atoms. The zero-order chi connectivity index (χ0) is 11.4. The van der Waals surface area contributed by atoms with E-state index in [9.17, 15) is 0 Å². The Morgan fingerprint density at radius 2 is 1.88 bits per heavy atom. The number of benzene rings is 1. The largest absolute Gasteiger partial charge is 0.363 e. The third-order valence-electron chi connectivity index (χ3n) is 2.40. The topological polar surface area (TPSA) is 24.9 Å². The van der Waals surface area contributed by atoms with E-state index in [1.807, 2.05) is 42.5 Å². The fraction of sp³-hybridized carbons (Fsp3) is 0.154. The minimum Gasteiger partial charge on any atom is -0.363 e. The Bertz CT molecular complexity index is 456. The lowest BCUT2D eigenvalue weighted by molar-refractivity contribution is 0.875. The van der Waals surface area contributed by atoms with Crippen molar-refractivity contribution >= 4 is 17.4 Å². The lowest BCUT2D eigenvalue weighted by Gasteiger charge is -2.15. The number of nitrogens with zero attached hydrogens (tertiary/aromatic N) is 1. The Morgan fingerprint density at radius 1 is 1.12 bits per heavy atom. The van der Waals surface area contributed by atoms with Gasteiger partial charge in [0.1, 0.15) is 5.82 Å². The number of hydrogen-bond acceptors (Lipinski definition) is 2. The van der Waals surface area contributed by atoms with Crippen LogP contribution in [0.25, 0.3) is 0 Å². The Balaban J connectivity index is 2.15. The molecule has 3 heteroatoms. The van der Waals surface area contributed by atoms with Crippen molar-refractivity contribution in [2.75, 3.05) is 5.32 Å². The maximum Gasteiger partial charge on any atom is 0.126 e. The zero-order valence-corrected chi connectivity index (χ0v) is 9.78. The second-order valence-electron chi connectivity index (χ2n) is 3.60. The summed E-state index contributed by atoms with van der Waals surface area (Å²) < 4.78 is 0. The Labute approximate surface area is 100 Å². The fourth-order valence-corrected chi connectivity index (χ4v) is 1.87. The van der Waals surface area contributed by atoms with Crippen molar-refractivity contribution in [3.63, 3.8) is 0 Å². The third-order valence-corrected chi connectivity index (χ3v) is 2.75. The van der Waals surface area contributed by atoms with Gasteiger partial charge in [0.25, 0.3) is 0 Å². The van der Waals surface area contributed by atoms with Gasteiger partial charge in [-0.25, -0.2) is 4.98 Å². The van der Waals surface area contributed by atoms with Gasteiger partial charge in [-0.05, 0) is 30.7 Å². The molecule has 1 heterocycles. The summed E-state index contributed by atoms with van der Waals surface area (Å²) in [4.78, 5) is 4.22. The Hall–Kier alpha value is -1.54. The molecule has 1 N–H and O–H groups in total. The SMILES string of the molecule is C[C@H](Nc1ccccn1)c1ccccc1Cl. The van der Waals surface area contributed by atoms with E-state index in [4.69, 9.17) is 11.6 Å². The average Bonchev–Trinajstić information content (AvgIpc) is 2.31. The maximum atomic E-state index is 6.12. The number of halogens is 1. The van der Waals surface area contributed by atoms with Crippen molar-refractivity contribution in [1.29, 1.82) is 0 Å². The van der Waals surface area contributed by atoms with Crippen LogP contribution in [0.3, 0.4) is 0 Å². The second kappa shape index (κ2) is 4.99. The first-order chi connectivity index (χ1) is 7.77. The van der Waals surface area contributed by atoms with Crippen LogP contribution in [0.5, 0.6) is 0 Å². The number of pyridine rings is 1. The molecule has 0 aliphatic heterocycles. The molecule has 0 amide bonds. The van der Waals surface area contributed by atoms with E-state index < -0.39 is 0 Å². The molecule has 0 radical (unpaired) electrons. The molecule has 0 aliphatic carbocycles. The van der Waals surface area contributed by atoms with Gasteiger partial charge in [0.05, 0.1) is 6.04 Å². The summed E-state index contributed by atoms with van der Waals surface area (Å²) in [6.07, 6.45) is 1.77. The molecule has 0 fully saturated rings. The molecule has 0 spiro atoms. The smallest absolute Gasteiger partial charge is 0.126 e. The van der Waals surface area contributed by atoms with Gasteiger partial charge in [0, 0.05) is 11.2 Å². The number of anilines is 1. The first kappa shape index (κ1) is 11.0. The van der Waals surface area contributed by atoms with Gasteiger partial charge in [0.2, 0.25) is 0 Å². The predicted octanol–water partition coefficient (Wildman–Crippen LogP) is 3.91. The zero-order valence-electron chi connectivity index (χ0n) is 9.02. The van der Waals surface area contributed by atoms with Crippen molar-refractivity contribution < 1.29 is 0 Å². The van der Waals surface area contributed by atoms with E-state index in [1.165, 1.54) is 0 Å². The van der Waals surface area contributed by atoms with Gasteiger partial charge in [-0.3, -0.25) is 0 Å². The van der Waals surface area contributed by atoms with Crippen molar-refractivity contribution in [3.05, 3.63) is 59.2 Å². The standard InChI is InChI=1S/C13H13ClN2/c1-10(11-6-2-3-7-12(11)14)16-13-8-4-5-9-15-13/h2-10H,1H3,(H,15,16)/t10-/m0/s1. The number of hydrogen-bond donors (Lipinski definition) is 1. The molecule has 0 unspecified atom stereocenters. The van der Waals surface area contributed by atoms with Gasteiger partial charge < -0.3 is 5.32 Å². The summed E-state index contributed by atoms with van der Waals surface area (Å²) in [5, 5.41) is 4.08. The van der Waals surface area contributed by atoms with Crippen LogP contribution in [0.1, 0.15) is 18.5 Å². The van der Waals surface area contributed by atoms with E-state index >= 15 is 0 Å². The van der Waals surface area contributed by atoms with Crippen LogP contribution >= 0.6 is 11.6 Å². The minimum absolute atomic E-state index is 0.142. The minimum atomic E-state index is 0.142. The molecule has 0 aliphatic rings. The van der Waals surface area contributed by atoms with E-state index in [0.717, 1.165) is 16.4 Å². The van der Waals surface area contributed by atoms with Crippen LogP contribution in [0.2, 0.25) is 5.02 Å². The predicted molar refractivity (Wildman–Crippen MR) is 67.7 cm³/mol. The molecule has 1 aromatic heterocycles.